The van der Waals surface area contributed by atoms with Gasteiger partial charge in [-0.15, -0.1) is 11.6 Å². The number of nitrogens with zero attached hydrogens (tertiary/aromatic N) is 1. The van der Waals surface area contributed by atoms with Gasteiger partial charge in [-0.3, -0.25) is 0 Å². The third kappa shape index (κ3) is 3.62. The van der Waals surface area contributed by atoms with E-state index in [-0.39, 0.29) is 23.0 Å². The molecule has 0 N–H and O–H groups in total. The van der Waals surface area contributed by atoms with E-state index in [0.29, 0.717) is 17.6 Å². The topological polar surface area (TPSA) is 46.6 Å². The van der Waals surface area contributed by atoms with Gasteiger partial charge in [0.05, 0.1) is 17.1 Å². The fourth-order valence-electron chi connectivity index (χ4n) is 2.54. The highest BCUT2D eigenvalue weighted by Gasteiger charge is 2.33. The first-order valence-corrected chi connectivity index (χ1v) is 9.53. The largest absolute Gasteiger partial charge is 0.373 e. The minimum Gasteiger partial charge on any atom is -0.373 e. The Morgan fingerprint density at radius 1 is 1.33 bits per heavy atom. The van der Waals surface area contributed by atoms with Crippen LogP contribution in [0.4, 0.5) is 0 Å². The van der Waals surface area contributed by atoms with Gasteiger partial charge in [-0.25, -0.2) is 8.42 Å². The van der Waals surface area contributed by atoms with Gasteiger partial charge in [0, 0.05) is 23.4 Å². The van der Waals surface area contributed by atoms with Crippen LogP contribution in [-0.2, 0) is 20.6 Å². The molecule has 0 spiro atoms. The van der Waals surface area contributed by atoms with Crippen LogP contribution in [0.5, 0.6) is 0 Å². The lowest BCUT2D eigenvalue weighted by molar-refractivity contribution is -0.0440. The van der Waals surface area contributed by atoms with Crippen LogP contribution in [0.3, 0.4) is 0 Å². The third-order valence-electron chi connectivity index (χ3n) is 3.44. The van der Waals surface area contributed by atoms with Crippen molar-refractivity contribution in [3.05, 3.63) is 27.7 Å². The molecule has 0 amide bonds. The third-order valence-corrected chi connectivity index (χ3v) is 6.92. The maximum atomic E-state index is 12.9. The van der Waals surface area contributed by atoms with Gasteiger partial charge in [0.25, 0.3) is 0 Å². The molecule has 4 nitrogen and oxygen atoms in total. The van der Waals surface area contributed by atoms with Crippen molar-refractivity contribution in [1.29, 1.82) is 0 Å². The maximum absolute atomic E-state index is 12.9. The van der Waals surface area contributed by atoms with Gasteiger partial charge in [0.2, 0.25) is 10.0 Å². The Bertz CT molecular complexity index is 625. The van der Waals surface area contributed by atoms with Gasteiger partial charge in [-0.2, -0.15) is 4.31 Å². The number of aryl methyl sites for hydroxylation is 1. The number of morpholine rings is 1. The zero-order chi connectivity index (χ0) is 15.8. The summed E-state index contributed by atoms with van der Waals surface area (Å²) in [5.41, 5.74) is 1.66. The Morgan fingerprint density at radius 2 is 1.90 bits per heavy atom. The molecule has 1 aliphatic rings. The molecule has 118 valence electrons. The zero-order valence-electron chi connectivity index (χ0n) is 12.3. The number of rotatable bonds is 3. The molecule has 2 atom stereocenters. The van der Waals surface area contributed by atoms with Crippen LogP contribution in [0.2, 0.25) is 0 Å². The van der Waals surface area contributed by atoms with Gasteiger partial charge < -0.3 is 4.74 Å². The van der Waals surface area contributed by atoms with E-state index >= 15 is 0 Å². The molecule has 1 saturated heterocycles. The summed E-state index contributed by atoms with van der Waals surface area (Å²) in [6, 6.07) is 3.53. The summed E-state index contributed by atoms with van der Waals surface area (Å²) in [4.78, 5) is 0.277. The maximum Gasteiger partial charge on any atom is 0.244 e. The van der Waals surface area contributed by atoms with Crippen LogP contribution in [0.1, 0.15) is 25.0 Å². The first-order valence-electron chi connectivity index (χ1n) is 6.76. The van der Waals surface area contributed by atoms with Crippen LogP contribution in [0.25, 0.3) is 0 Å². The smallest absolute Gasteiger partial charge is 0.244 e. The van der Waals surface area contributed by atoms with Gasteiger partial charge in [0.15, 0.2) is 0 Å². The minimum atomic E-state index is -3.57. The average Bonchev–Trinajstić information content (AvgIpc) is 2.40. The lowest BCUT2D eigenvalue weighted by Crippen LogP contribution is -2.48. The molecule has 21 heavy (non-hydrogen) atoms. The quantitative estimate of drug-likeness (QED) is 0.737. The first-order chi connectivity index (χ1) is 9.75. The summed E-state index contributed by atoms with van der Waals surface area (Å²) in [6.45, 7) is 6.36. The van der Waals surface area contributed by atoms with Crippen LogP contribution in [0.15, 0.2) is 21.5 Å². The lowest BCUT2D eigenvalue weighted by Gasteiger charge is -2.34. The molecule has 1 fully saturated rings. The standard InChI is InChI=1S/C14H19BrClNO3S/c1-9-4-12(6-16)5-13(14(9)15)21(18,19)17-7-10(2)20-11(3)8-17/h4-5,10-11H,6-8H2,1-3H3/t10-,11+. The van der Waals surface area contributed by atoms with Crippen molar-refractivity contribution < 1.29 is 13.2 Å². The van der Waals surface area contributed by atoms with E-state index in [1.54, 1.807) is 6.07 Å². The van der Waals surface area contributed by atoms with E-state index in [1.165, 1.54) is 4.31 Å². The molecule has 0 saturated carbocycles. The van der Waals surface area contributed by atoms with Crippen molar-refractivity contribution in [3.63, 3.8) is 0 Å². The first kappa shape index (κ1) is 17.2. The molecule has 1 aliphatic heterocycles. The van der Waals surface area contributed by atoms with E-state index in [1.807, 2.05) is 26.8 Å². The number of benzene rings is 1. The fourth-order valence-corrected chi connectivity index (χ4v) is 5.32. The molecule has 7 heteroatoms. The average molecular weight is 397 g/mol. The summed E-state index contributed by atoms with van der Waals surface area (Å²) >= 11 is 9.26. The molecular formula is C14H19BrClNO3S. The predicted octanol–water partition coefficient (Wildman–Crippen LogP) is 3.29. The fraction of sp³-hybridized carbons (Fsp3) is 0.571. The van der Waals surface area contributed by atoms with Crippen LogP contribution < -0.4 is 0 Å². The van der Waals surface area contributed by atoms with Crippen molar-refractivity contribution in [3.8, 4) is 0 Å². The highest BCUT2D eigenvalue weighted by molar-refractivity contribution is 9.10. The van der Waals surface area contributed by atoms with E-state index in [2.05, 4.69) is 15.9 Å². The molecule has 0 aliphatic carbocycles. The van der Waals surface area contributed by atoms with E-state index in [4.69, 9.17) is 16.3 Å². The number of hydrogen-bond donors (Lipinski definition) is 0. The number of hydrogen-bond acceptors (Lipinski definition) is 3. The Morgan fingerprint density at radius 3 is 2.43 bits per heavy atom. The summed E-state index contributed by atoms with van der Waals surface area (Å²) in [5.74, 6) is 0.284. The van der Waals surface area contributed by atoms with Crippen LogP contribution in [-0.4, -0.2) is 38.0 Å². The Hall–Kier alpha value is -0.140. The van der Waals surface area contributed by atoms with Gasteiger partial charge in [-0.05, 0) is 53.9 Å². The van der Waals surface area contributed by atoms with Crippen molar-refractivity contribution in [2.45, 2.75) is 43.8 Å². The van der Waals surface area contributed by atoms with Gasteiger partial charge >= 0.3 is 0 Å². The molecule has 2 rings (SSSR count). The molecule has 0 unspecified atom stereocenters. The Balaban J connectivity index is 2.46. The van der Waals surface area contributed by atoms with Crippen molar-refractivity contribution in [2.24, 2.45) is 0 Å². The Labute approximate surface area is 139 Å². The number of alkyl halides is 1. The monoisotopic (exact) mass is 395 g/mol. The van der Waals surface area contributed by atoms with Crippen molar-refractivity contribution >= 4 is 37.6 Å². The zero-order valence-corrected chi connectivity index (χ0v) is 15.4. The predicted molar refractivity (Wildman–Crippen MR) is 87.2 cm³/mol. The van der Waals surface area contributed by atoms with Crippen molar-refractivity contribution in [2.75, 3.05) is 13.1 Å². The number of ether oxygens (including phenoxy) is 1. The molecular weight excluding hydrogens is 378 g/mol. The second kappa shape index (κ2) is 6.54. The summed E-state index contributed by atoms with van der Waals surface area (Å²) in [5, 5.41) is 0. The Kier molecular flexibility index (Phi) is 5.36. The summed E-state index contributed by atoms with van der Waals surface area (Å²) < 4.78 is 33.5. The van der Waals surface area contributed by atoms with E-state index in [0.717, 1.165) is 11.1 Å². The van der Waals surface area contributed by atoms with Gasteiger partial charge in [0.1, 0.15) is 0 Å². The van der Waals surface area contributed by atoms with Crippen molar-refractivity contribution in [1.82, 2.24) is 4.31 Å². The van der Waals surface area contributed by atoms with Crippen LogP contribution >= 0.6 is 27.5 Å². The minimum absolute atomic E-state index is 0.111. The van der Waals surface area contributed by atoms with E-state index in [9.17, 15) is 8.42 Å². The second-order valence-electron chi connectivity index (χ2n) is 5.44. The molecule has 0 aromatic heterocycles. The second-order valence-corrected chi connectivity index (χ2v) is 8.40. The molecule has 1 aromatic carbocycles. The SMILES string of the molecule is Cc1cc(CCl)cc(S(=O)(=O)N2C[C@@H](C)O[C@@H](C)C2)c1Br. The highest BCUT2D eigenvalue weighted by Crippen LogP contribution is 2.31. The number of sulfonamides is 1. The molecule has 1 heterocycles. The normalized spacial score (nSPS) is 24.2. The van der Waals surface area contributed by atoms with E-state index < -0.39 is 10.0 Å². The summed E-state index contributed by atoms with van der Waals surface area (Å²) in [6.07, 6.45) is -0.223. The molecule has 0 radical (unpaired) electrons. The molecule has 0 bridgehead atoms. The van der Waals surface area contributed by atoms with Gasteiger partial charge in [-0.1, -0.05) is 6.07 Å². The lowest BCUT2D eigenvalue weighted by atomic mass is 10.2. The number of halogens is 2. The highest BCUT2D eigenvalue weighted by atomic mass is 79.9. The molecule has 1 aromatic rings. The van der Waals surface area contributed by atoms with Crippen LogP contribution in [0, 0.1) is 6.92 Å². The summed E-state index contributed by atoms with van der Waals surface area (Å²) in [7, 11) is -3.57.